The van der Waals surface area contributed by atoms with Gasteiger partial charge in [-0.3, -0.25) is 19.3 Å². The van der Waals surface area contributed by atoms with Gasteiger partial charge in [0.05, 0.1) is 6.54 Å². The molecule has 7 nitrogen and oxygen atoms in total. The van der Waals surface area contributed by atoms with Crippen molar-refractivity contribution in [3.05, 3.63) is 30.3 Å². The van der Waals surface area contributed by atoms with E-state index in [1.165, 1.54) is 19.3 Å². The maximum Gasteiger partial charge on any atom is 0.238 e. The van der Waals surface area contributed by atoms with Crippen molar-refractivity contribution in [2.45, 2.75) is 63.8 Å². The smallest absolute Gasteiger partial charge is 0.238 e. The fourth-order valence-corrected chi connectivity index (χ4v) is 7.33. The second-order valence-corrected chi connectivity index (χ2v) is 11.2. The molecule has 1 aromatic carbocycles. The van der Waals surface area contributed by atoms with Crippen LogP contribution in [0.2, 0.25) is 0 Å². The number of carbonyl (C=O) groups excluding carboxylic acids is 3. The van der Waals surface area contributed by atoms with Crippen molar-refractivity contribution in [3.63, 3.8) is 0 Å². The van der Waals surface area contributed by atoms with E-state index in [4.69, 9.17) is 0 Å². The molecule has 4 bridgehead atoms. The van der Waals surface area contributed by atoms with Gasteiger partial charge in [0.25, 0.3) is 0 Å². The summed E-state index contributed by atoms with van der Waals surface area (Å²) in [6.45, 7) is 2.36. The second kappa shape index (κ2) is 10.1. The van der Waals surface area contributed by atoms with Gasteiger partial charge in [-0.05, 0) is 81.3 Å². The third-order valence-corrected chi connectivity index (χ3v) is 8.53. The highest BCUT2D eigenvalue weighted by atomic mass is 16.2. The number of benzene rings is 1. The van der Waals surface area contributed by atoms with Gasteiger partial charge in [-0.2, -0.15) is 0 Å². The summed E-state index contributed by atoms with van der Waals surface area (Å²) in [5.74, 6) is 2.43. The van der Waals surface area contributed by atoms with Gasteiger partial charge in [0.1, 0.15) is 0 Å². The first-order valence-corrected chi connectivity index (χ1v) is 13.1. The minimum absolute atomic E-state index is 0.00563. The van der Waals surface area contributed by atoms with E-state index in [-0.39, 0.29) is 29.2 Å². The Kier molecular flexibility index (Phi) is 6.91. The highest BCUT2D eigenvalue weighted by molar-refractivity contribution is 5.92. The maximum absolute atomic E-state index is 13.0. The second-order valence-electron chi connectivity index (χ2n) is 11.2. The van der Waals surface area contributed by atoms with Crippen LogP contribution in [0.25, 0.3) is 0 Å². The first kappa shape index (κ1) is 23.3. The van der Waals surface area contributed by atoms with Crippen molar-refractivity contribution >= 4 is 23.4 Å². The van der Waals surface area contributed by atoms with Crippen molar-refractivity contribution in [2.75, 3.05) is 31.5 Å². The first-order valence-electron chi connectivity index (χ1n) is 13.1. The molecule has 4 aliphatic carbocycles. The minimum atomic E-state index is -0.148. The lowest BCUT2D eigenvalue weighted by Gasteiger charge is -2.55. The third-order valence-electron chi connectivity index (χ3n) is 8.53. The van der Waals surface area contributed by atoms with Crippen molar-refractivity contribution < 1.29 is 14.4 Å². The number of para-hydroxylation sites is 1. The molecule has 3 amide bonds. The maximum atomic E-state index is 13.0. The van der Waals surface area contributed by atoms with Gasteiger partial charge in [-0.15, -0.1) is 0 Å². The van der Waals surface area contributed by atoms with E-state index in [0.717, 1.165) is 68.6 Å². The molecule has 1 heterocycles. The van der Waals surface area contributed by atoms with Crippen LogP contribution in [0.1, 0.15) is 57.8 Å². The molecule has 5 fully saturated rings. The Balaban J connectivity index is 0.979. The summed E-state index contributed by atoms with van der Waals surface area (Å²) in [5, 5.41) is 9.15. The summed E-state index contributed by atoms with van der Waals surface area (Å²) >= 11 is 0. The molecule has 4 saturated carbocycles. The molecule has 3 N–H and O–H groups in total. The van der Waals surface area contributed by atoms with E-state index >= 15 is 0 Å². The normalized spacial score (nSPS) is 30.6. The SMILES string of the molecule is O=C(CN1CCC(NC(=O)CCNC(=O)C23CC4CC(CC(C4)C2)C3)CC1)Nc1ccccc1. The molecule has 1 aromatic rings. The Morgan fingerprint density at radius 1 is 0.882 bits per heavy atom. The van der Waals surface area contributed by atoms with Crippen LogP contribution in [-0.4, -0.2) is 54.8 Å². The number of carbonyl (C=O) groups is 3. The highest BCUT2D eigenvalue weighted by Crippen LogP contribution is 2.60. The monoisotopic (exact) mass is 466 g/mol. The molecule has 7 heteroatoms. The molecule has 1 saturated heterocycles. The summed E-state index contributed by atoms with van der Waals surface area (Å²) < 4.78 is 0. The van der Waals surface area contributed by atoms with Gasteiger partial charge >= 0.3 is 0 Å². The van der Waals surface area contributed by atoms with Crippen LogP contribution >= 0.6 is 0 Å². The lowest BCUT2D eigenvalue weighted by Crippen LogP contribution is -2.54. The van der Waals surface area contributed by atoms with Crippen LogP contribution in [0.3, 0.4) is 0 Å². The van der Waals surface area contributed by atoms with Gasteiger partial charge in [0, 0.05) is 43.2 Å². The first-order chi connectivity index (χ1) is 16.5. The lowest BCUT2D eigenvalue weighted by atomic mass is 9.49. The van der Waals surface area contributed by atoms with Crippen LogP contribution in [0, 0.1) is 23.2 Å². The van der Waals surface area contributed by atoms with Crippen LogP contribution < -0.4 is 16.0 Å². The summed E-state index contributed by atoms with van der Waals surface area (Å²) in [6.07, 6.45) is 9.14. The van der Waals surface area contributed by atoms with E-state index in [1.807, 2.05) is 30.3 Å². The largest absolute Gasteiger partial charge is 0.355 e. The predicted octanol–water partition coefficient (Wildman–Crippen LogP) is 2.93. The summed E-state index contributed by atoms with van der Waals surface area (Å²) in [6, 6.07) is 9.62. The fourth-order valence-electron chi connectivity index (χ4n) is 7.33. The van der Waals surface area contributed by atoms with Gasteiger partial charge in [-0.1, -0.05) is 18.2 Å². The van der Waals surface area contributed by atoms with E-state index in [9.17, 15) is 14.4 Å². The molecular formula is C27H38N4O3. The number of hydrogen-bond acceptors (Lipinski definition) is 4. The lowest BCUT2D eigenvalue weighted by molar-refractivity contribution is -0.146. The third kappa shape index (κ3) is 5.45. The molecule has 0 unspecified atom stereocenters. The molecule has 0 atom stereocenters. The number of rotatable bonds is 8. The molecule has 1 aliphatic heterocycles. The van der Waals surface area contributed by atoms with Gasteiger partial charge in [-0.25, -0.2) is 0 Å². The standard InChI is InChI=1S/C27H38N4O3/c32-24(6-9-28-26(34)27-15-19-12-20(16-27)14-21(13-19)17-27)29-23-7-10-31(11-8-23)18-25(33)30-22-4-2-1-3-5-22/h1-5,19-21,23H,6-18H2,(H,28,34)(H,29,32)(H,30,33). The predicted molar refractivity (Wildman–Crippen MR) is 131 cm³/mol. The molecule has 184 valence electrons. The van der Waals surface area contributed by atoms with E-state index < -0.39 is 0 Å². The zero-order chi connectivity index (χ0) is 23.5. The number of nitrogens with zero attached hydrogens (tertiary/aromatic N) is 1. The Hall–Kier alpha value is -2.41. The number of amides is 3. The summed E-state index contributed by atoms with van der Waals surface area (Å²) in [4.78, 5) is 39.9. The van der Waals surface area contributed by atoms with Crippen LogP contribution in [0.15, 0.2) is 30.3 Å². The van der Waals surface area contributed by atoms with Gasteiger partial charge < -0.3 is 16.0 Å². The highest BCUT2D eigenvalue weighted by Gasteiger charge is 2.54. The van der Waals surface area contributed by atoms with Crippen molar-refractivity contribution in [2.24, 2.45) is 23.2 Å². The molecule has 5 aliphatic rings. The molecule has 0 aromatic heterocycles. The molecular weight excluding hydrogens is 428 g/mol. The Labute approximate surface area is 202 Å². The molecule has 0 spiro atoms. The van der Waals surface area contributed by atoms with E-state index in [1.54, 1.807) is 0 Å². The van der Waals surface area contributed by atoms with E-state index in [2.05, 4.69) is 20.9 Å². The summed E-state index contributed by atoms with van der Waals surface area (Å²) in [7, 11) is 0. The Morgan fingerprint density at radius 2 is 1.50 bits per heavy atom. The number of hydrogen-bond donors (Lipinski definition) is 3. The quantitative estimate of drug-likeness (QED) is 0.550. The zero-order valence-corrected chi connectivity index (χ0v) is 20.1. The topological polar surface area (TPSA) is 90.5 Å². The van der Waals surface area contributed by atoms with Crippen molar-refractivity contribution in [1.29, 1.82) is 0 Å². The zero-order valence-electron chi connectivity index (χ0n) is 20.1. The number of piperidine rings is 1. The minimum Gasteiger partial charge on any atom is -0.355 e. The molecule has 34 heavy (non-hydrogen) atoms. The average molecular weight is 467 g/mol. The van der Waals surface area contributed by atoms with Gasteiger partial charge in [0.2, 0.25) is 17.7 Å². The van der Waals surface area contributed by atoms with Crippen molar-refractivity contribution in [1.82, 2.24) is 15.5 Å². The number of nitrogens with one attached hydrogen (secondary N) is 3. The van der Waals surface area contributed by atoms with Crippen LogP contribution in [0.5, 0.6) is 0 Å². The fraction of sp³-hybridized carbons (Fsp3) is 0.667. The molecule has 6 rings (SSSR count). The molecule has 0 radical (unpaired) electrons. The Bertz CT molecular complexity index is 859. The van der Waals surface area contributed by atoms with E-state index in [0.29, 0.717) is 19.5 Å². The van der Waals surface area contributed by atoms with Crippen LogP contribution in [0.4, 0.5) is 5.69 Å². The number of anilines is 1. The number of likely N-dealkylation sites (tertiary alicyclic amines) is 1. The van der Waals surface area contributed by atoms with Gasteiger partial charge in [0.15, 0.2) is 0 Å². The summed E-state index contributed by atoms with van der Waals surface area (Å²) in [5.41, 5.74) is 0.662. The van der Waals surface area contributed by atoms with Crippen LogP contribution in [-0.2, 0) is 14.4 Å². The average Bonchev–Trinajstić information content (AvgIpc) is 2.80. The Morgan fingerprint density at radius 3 is 2.12 bits per heavy atom. The van der Waals surface area contributed by atoms with Crippen molar-refractivity contribution in [3.8, 4) is 0 Å².